The van der Waals surface area contributed by atoms with Gasteiger partial charge in [0.1, 0.15) is 16.5 Å². The Morgan fingerprint density at radius 3 is 2.56 bits per heavy atom. The molecular weight excluding hydrogens is 464 g/mol. The Balaban J connectivity index is 1.27. The van der Waals surface area contributed by atoms with Gasteiger partial charge in [-0.25, -0.2) is 15.0 Å². The minimum atomic E-state index is 0.766. The first-order valence-corrected chi connectivity index (χ1v) is 14.3. The number of anilines is 1. The fraction of sp³-hybridized carbons (Fsp3) is 0.640. The monoisotopic (exact) mass is 498 g/mol. The second-order valence-corrected chi connectivity index (χ2v) is 12.2. The van der Waals surface area contributed by atoms with Crippen molar-refractivity contribution in [3.63, 3.8) is 0 Å². The number of hydrogen-bond donors (Lipinski definition) is 0. The van der Waals surface area contributed by atoms with Crippen LogP contribution in [0.5, 0.6) is 0 Å². The van der Waals surface area contributed by atoms with Crippen LogP contribution < -0.4 is 4.90 Å². The second-order valence-electron chi connectivity index (χ2n) is 10.0. The molecule has 2 aliphatic heterocycles. The maximum Gasteiger partial charge on any atom is 0.146 e. The summed E-state index contributed by atoms with van der Waals surface area (Å²) in [6, 6.07) is 0. The zero-order chi connectivity index (χ0) is 23.1. The Bertz CT molecular complexity index is 1150. The van der Waals surface area contributed by atoms with Crippen molar-refractivity contribution in [2.75, 3.05) is 57.4 Å². The summed E-state index contributed by atoms with van der Waals surface area (Å²) in [5.41, 5.74) is 2.74. The molecule has 0 saturated carbocycles. The molecule has 2 saturated heterocycles. The number of aromatic nitrogens is 3. The van der Waals surface area contributed by atoms with Crippen molar-refractivity contribution in [3.8, 4) is 0 Å². The summed E-state index contributed by atoms with van der Waals surface area (Å²) < 4.78 is 5.55. The minimum Gasteiger partial charge on any atom is -0.379 e. The maximum absolute atomic E-state index is 5.55. The van der Waals surface area contributed by atoms with Crippen LogP contribution in [-0.2, 0) is 30.7 Å². The van der Waals surface area contributed by atoms with Gasteiger partial charge in [-0.15, -0.1) is 22.7 Å². The van der Waals surface area contributed by atoms with E-state index >= 15 is 0 Å². The van der Waals surface area contributed by atoms with E-state index in [0.29, 0.717) is 0 Å². The fourth-order valence-electron chi connectivity index (χ4n) is 5.45. The lowest BCUT2D eigenvalue weighted by atomic mass is 9.89. The zero-order valence-electron chi connectivity index (χ0n) is 20.3. The first-order valence-electron chi connectivity index (χ1n) is 12.6. The number of ether oxygens (including phenoxy) is 1. The highest BCUT2D eigenvalue weighted by atomic mass is 32.1. The highest BCUT2D eigenvalue weighted by Crippen LogP contribution is 2.41. The lowest BCUT2D eigenvalue weighted by molar-refractivity contribution is 0.0331. The Kier molecular flexibility index (Phi) is 6.55. The SMILES string of the molecule is Cc1nc(CN2CCN(c3nc(CN4CCOCC4)nc4sc5c(c34)CC[C@H](C)C5)CC2)cs1. The van der Waals surface area contributed by atoms with Gasteiger partial charge in [0, 0.05) is 56.1 Å². The lowest BCUT2D eigenvalue weighted by Crippen LogP contribution is -2.46. The first-order chi connectivity index (χ1) is 16.6. The Morgan fingerprint density at radius 1 is 1.00 bits per heavy atom. The fourth-order valence-corrected chi connectivity index (χ4v) is 7.45. The molecule has 3 aromatic rings. The van der Waals surface area contributed by atoms with Gasteiger partial charge in [-0.05, 0) is 37.7 Å². The summed E-state index contributed by atoms with van der Waals surface area (Å²) in [5, 5.41) is 4.70. The molecule has 3 aromatic heterocycles. The molecule has 182 valence electrons. The molecule has 1 atom stereocenters. The number of rotatable bonds is 5. The number of nitrogens with zero attached hydrogens (tertiary/aromatic N) is 6. The average molecular weight is 499 g/mol. The van der Waals surface area contributed by atoms with Crippen LogP contribution in [0.25, 0.3) is 10.2 Å². The molecule has 34 heavy (non-hydrogen) atoms. The number of piperazine rings is 1. The molecule has 6 rings (SSSR count). The van der Waals surface area contributed by atoms with Gasteiger partial charge >= 0.3 is 0 Å². The van der Waals surface area contributed by atoms with Crippen LogP contribution >= 0.6 is 22.7 Å². The van der Waals surface area contributed by atoms with E-state index in [1.165, 1.54) is 46.6 Å². The van der Waals surface area contributed by atoms with Gasteiger partial charge in [0.25, 0.3) is 0 Å². The maximum atomic E-state index is 5.55. The summed E-state index contributed by atoms with van der Waals surface area (Å²) in [6.07, 6.45) is 3.63. The van der Waals surface area contributed by atoms with Crippen molar-refractivity contribution in [2.45, 2.75) is 46.2 Å². The second kappa shape index (κ2) is 9.78. The summed E-state index contributed by atoms with van der Waals surface area (Å²) in [6.45, 7) is 13.9. The largest absolute Gasteiger partial charge is 0.379 e. The van der Waals surface area contributed by atoms with Gasteiger partial charge in [-0.2, -0.15) is 0 Å². The van der Waals surface area contributed by atoms with Gasteiger partial charge in [0.05, 0.1) is 35.8 Å². The molecule has 0 bridgehead atoms. The van der Waals surface area contributed by atoms with E-state index in [1.54, 1.807) is 16.2 Å². The quantitative estimate of drug-likeness (QED) is 0.531. The van der Waals surface area contributed by atoms with Crippen LogP contribution in [0.4, 0.5) is 5.82 Å². The molecule has 0 N–H and O–H groups in total. The molecule has 7 nitrogen and oxygen atoms in total. The van der Waals surface area contributed by atoms with Crippen molar-refractivity contribution < 1.29 is 4.74 Å². The Labute approximate surface area is 209 Å². The third-order valence-electron chi connectivity index (χ3n) is 7.38. The van der Waals surface area contributed by atoms with Crippen LogP contribution in [0.15, 0.2) is 5.38 Å². The molecule has 0 amide bonds. The molecule has 1 aliphatic carbocycles. The zero-order valence-corrected chi connectivity index (χ0v) is 21.9. The molecular formula is C25H34N6OS2. The number of thiazole rings is 1. The molecule has 3 aliphatic rings. The van der Waals surface area contributed by atoms with Gasteiger partial charge in [-0.1, -0.05) is 6.92 Å². The number of thiophene rings is 1. The third kappa shape index (κ3) is 4.73. The molecule has 0 aromatic carbocycles. The lowest BCUT2D eigenvalue weighted by Gasteiger charge is -2.36. The molecule has 0 unspecified atom stereocenters. The molecule has 0 radical (unpaired) electrons. The standard InChI is InChI=1S/C25H34N6OS2/c1-17-3-4-20-21(13-17)34-25-23(20)24(27-22(28-25)15-30-9-11-32-12-10-30)31-7-5-29(6-8-31)14-19-16-33-18(2)26-19/h16-17H,3-15H2,1-2H3/t17-/m0/s1. The topological polar surface area (TPSA) is 57.6 Å². The summed E-state index contributed by atoms with van der Waals surface area (Å²) >= 11 is 3.67. The van der Waals surface area contributed by atoms with E-state index in [0.717, 1.165) is 82.3 Å². The van der Waals surface area contributed by atoms with Gasteiger partial charge in [0.15, 0.2) is 0 Å². The predicted octanol–water partition coefficient (Wildman–Crippen LogP) is 3.74. The normalized spacial score (nSPS) is 22.4. The smallest absolute Gasteiger partial charge is 0.146 e. The van der Waals surface area contributed by atoms with E-state index in [-0.39, 0.29) is 0 Å². The van der Waals surface area contributed by atoms with Gasteiger partial charge in [-0.3, -0.25) is 9.80 Å². The first kappa shape index (κ1) is 22.8. The number of hydrogen-bond acceptors (Lipinski definition) is 9. The van der Waals surface area contributed by atoms with E-state index in [1.807, 2.05) is 11.3 Å². The van der Waals surface area contributed by atoms with Gasteiger partial charge in [0.2, 0.25) is 0 Å². The molecule has 2 fully saturated rings. The van der Waals surface area contributed by atoms with Crippen molar-refractivity contribution in [3.05, 3.63) is 32.3 Å². The van der Waals surface area contributed by atoms with Crippen molar-refractivity contribution >= 4 is 38.7 Å². The molecule has 0 spiro atoms. The average Bonchev–Trinajstić information content (AvgIpc) is 3.41. The number of morpholine rings is 1. The minimum absolute atomic E-state index is 0.766. The van der Waals surface area contributed by atoms with E-state index in [4.69, 9.17) is 14.7 Å². The highest BCUT2D eigenvalue weighted by Gasteiger charge is 2.28. The van der Waals surface area contributed by atoms with Crippen LogP contribution in [-0.4, -0.2) is 77.2 Å². The van der Waals surface area contributed by atoms with E-state index < -0.39 is 0 Å². The Morgan fingerprint density at radius 2 is 1.79 bits per heavy atom. The van der Waals surface area contributed by atoms with E-state index in [9.17, 15) is 0 Å². The highest BCUT2D eigenvalue weighted by molar-refractivity contribution is 7.19. The number of aryl methyl sites for hydroxylation is 2. The van der Waals surface area contributed by atoms with Crippen molar-refractivity contribution in [1.82, 2.24) is 24.8 Å². The van der Waals surface area contributed by atoms with E-state index in [2.05, 4.69) is 38.9 Å². The van der Waals surface area contributed by atoms with Crippen LogP contribution in [0.1, 0.15) is 40.3 Å². The van der Waals surface area contributed by atoms with Crippen LogP contribution in [0, 0.1) is 12.8 Å². The van der Waals surface area contributed by atoms with Gasteiger partial charge < -0.3 is 9.64 Å². The summed E-state index contributed by atoms with van der Waals surface area (Å²) in [5.74, 6) is 2.92. The predicted molar refractivity (Wildman–Crippen MR) is 139 cm³/mol. The molecule has 9 heteroatoms. The van der Waals surface area contributed by atoms with Crippen LogP contribution in [0.3, 0.4) is 0 Å². The Hall–Kier alpha value is -1.65. The third-order valence-corrected chi connectivity index (χ3v) is 9.35. The van der Waals surface area contributed by atoms with Crippen LogP contribution in [0.2, 0.25) is 0 Å². The van der Waals surface area contributed by atoms with Crippen molar-refractivity contribution in [1.29, 1.82) is 0 Å². The summed E-state index contributed by atoms with van der Waals surface area (Å²) in [4.78, 5) is 25.3. The molecule has 5 heterocycles. The summed E-state index contributed by atoms with van der Waals surface area (Å²) in [7, 11) is 0. The number of fused-ring (bicyclic) bond motifs is 3. The van der Waals surface area contributed by atoms with Crippen molar-refractivity contribution in [2.24, 2.45) is 5.92 Å².